The molecule has 2 aromatic rings. The summed E-state index contributed by atoms with van der Waals surface area (Å²) < 4.78 is 17.7. The molecule has 0 saturated carbocycles. The largest absolute Gasteiger partial charge is 0.493 e. The van der Waals surface area contributed by atoms with Crippen LogP contribution in [0, 0.1) is 10.6 Å². The number of hydrogen-bond donors (Lipinski definition) is 1. The number of hydrogen-bond acceptors (Lipinski definition) is 2. The molecular weight excluding hydrogens is 287 g/mol. The Morgan fingerprint density at radius 2 is 2.11 bits per heavy atom. The minimum Gasteiger partial charge on any atom is -0.493 e. The SMILES string of the molecule is Oc1c2n(c(=S)n1-c1ccc(Cl)cc1F)CCCC2. The number of imidazole rings is 1. The number of benzene rings is 1. The fraction of sp³-hybridized carbons (Fsp3) is 0.308. The monoisotopic (exact) mass is 298 g/mol. The van der Waals surface area contributed by atoms with E-state index >= 15 is 0 Å². The van der Waals surface area contributed by atoms with Gasteiger partial charge in [0, 0.05) is 11.6 Å². The van der Waals surface area contributed by atoms with Crippen molar-refractivity contribution in [2.75, 3.05) is 0 Å². The lowest BCUT2D eigenvalue weighted by atomic mass is 10.1. The van der Waals surface area contributed by atoms with Crippen LogP contribution in [0.3, 0.4) is 0 Å². The van der Waals surface area contributed by atoms with E-state index in [1.165, 1.54) is 16.7 Å². The van der Waals surface area contributed by atoms with Crippen LogP contribution < -0.4 is 0 Å². The minimum atomic E-state index is -0.498. The second kappa shape index (κ2) is 4.65. The van der Waals surface area contributed by atoms with Crippen LogP contribution in [0.15, 0.2) is 18.2 Å². The number of aromatic hydroxyl groups is 1. The third-order valence-corrected chi connectivity index (χ3v) is 4.05. The van der Waals surface area contributed by atoms with E-state index in [2.05, 4.69) is 0 Å². The number of aromatic nitrogens is 2. The Balaban J connectivity index is 2.26. The lowest BCUT2D eigenvalue weighted by Crippen LogP contribution is -2.09. The Kier molecular flexibility index (Phi) is 3.11. The van der Waals surface area contributed by atoms with Crippen molar-refractivity contribution in [1.82, 2.24) is 9.13 Å². The van der Waals surface area contributed by atoms with E-state index in [4.69, 9.17) is 23.8 Å². The Morgan fingerprint density at radius 3 is 2.79 bits per heavy atom. The summed E-state index contributed by atoms with van der Waals surface area (Å²) in [5, 5.41) is 10.6. The van der Waals surface area contributed by atoms with Gasteiger partial charge in [0.2, 0.25) is 5.88 Å². The second-order valence-electron chi connectivity index (χ2n) is 4.59. The van der Waals surface area contributed by atoms with Crippen molar-refractivity contribution in [3.63, 3.8) is 0 Å². The highest BCUT2D eigenvalue weighted by atomic mass is 35.5. The maximum atomic E-state index is 14.0. The summed E-state index contributed by atoms with van der Waals surface area (Å²) in [6.45, 7) is 0.768. The molecule has 1 aromatic heterocycles. The van der Waals surface area contributed by atoms with Gasteiger partial charge in [-0.15, -0.1) is 0 Å². The van der Waals surface area contributed by atoms with E-state index in [-0.39, 0.29) is 11.6 Å². The highest BCUT2D eigenvalue weighted by Crippen LogP contribution is 2.31. The molecule has 0 fully saturated rings. The molecule has 0 aliphatic carbocycles. The van der Waals surface area contributed by atoms with Gasteiger partial charge < -0.3 is 9.67 Å². The van der Waals surface area contributed by atoms with Crippen LogP contribution >= 0.6 is 23.8 Å². The van der Waals surface area contributed by atoms with E-state index in [9.17, 15) is 9.50 Å². The maximum Gasteiger partial charge on any atom is 0.218 e. The van der Waals surface area contributed by atoms with E-state index in [1.54, 1.807) is 6.07 Å². The van der Waals surface area contributed by atoms with Crippen LogP contribution in [0.1, 0.15) is 18.5 Å². The molecule has 1 aliphatic rings. The molecule has 0 unspecified atom stereocenters. The van der Waals surface area contributed by atoms with Gasteiger partial charge in [-0.1, -0.05) is 11.6 Å². The van der Waals surface area contributed by atoms with Crippen molar-refractivity contribution in [1.29, 1.82) is 0 Å². The molecule has 0 atom stereocenters. The van der Waals surface area contributed by atoms with Gasteiger partial charge in [0.1, 0.15) is 5.82 Å². The average Bonchev–Trinajstić information content (AvgIpc) is 2.64. The molecule has 6 heteroatoms. The zero-order valence-corrected chi connectivity index (χ0v) is 11.6. The molecule has 0 spiro atoms. The lowest BCUT2D eigenvalue weighted by Gasteiger charge is -2.12. The Bertz CT molecular complexity index is 707. The van der Waals surface area contributed by atoms with Gasteiger partial charge in [-0.05, 0) is 49.7 Å². The van der Waals surface area contributed by atoms with Gasteiger partial charge in [-0.25, -0.2) is 4.39 Å². The highest BCUT2D eigenvalue weighted by Gasteiger charge is 2.22. The number of fused-ring (bicyclic) bond motifs is 1. The molecule has 0 amide bonds. The van der Waals surface area contributed by atoms with Crippen molar-refractivity contribution in [3.05, 3.63) is 39.5 Å². The van der Waals surface area contributed by atoms with Crippen LogP contribution in [0.2, 0.25) is 5.02 Å². The zero-order chi connectivity index (χ0) is 13.6. The predicted molar refractivity (Wildman–Crippen MR) is 74.2 cm³/mol. The Labute approximate surface area is 119 Å². The first kappa shape index (κ1) is 12.7. The molecule has 1 N–H and O–H groups in total. The molecule has 3 rings (SSSR count). The van der Waals surface area contributed by atoms with Crippen LogP contribution in [-0.2, 0) is 13.0 Å². The van der Waals surface area contributed by atoms with Crippen LogP contribution in [-0.4, -0.2) is 14.2 Å². The number of halogens is 2. The Hall–Kier alpha value is -1.33. The molecule has 100 valence electrons. The second-order valence-corrected chi connectivity index (χ2v) is 5.39. The van der Waals surface area contributed by atoms with E-state index in [0.29, 0.717) is 9.79 Å². The van der Waals surface area contributed by atoms with Crippen molar-refractivity contribution in [2.45, 2.75) is 25.8 Å². The summed E-state index contributed by atoms with van der Waals surface area (Å²) in [5.74, 6) is -0.465. The fourth-order valence-corrected chi connectivity index (χ4v) is 3.04. The number of rotatable bonds is 1. The van der Waals surface area contributed by atoms with Gasteiger partial charge in [0.05, 0.1) is 11.4 Å². The smallest absolute Gasteiger partial charge is 0.218 e. The van der Waals surface area contributed by atoms with Crippen LogP contribution in [0.25, 0.3) is 5.69 Å². The summed E-state index contributed by atoms with van der Waals surface area (Å²) >= 11 is 11.1. The van der Waals surface area contributed by atoms with Gasteiger partial charge in [0.25, 0.3) is 0 Å². The maximum absolute atomic E-state index is 14.0. The first-order valence-electron chi connectivity index (χ1n) is 6.08. The molecule has 0 bridgehead atoms. The van der Waals surface area contributed by atoms with Crippen LogP contribution in [0.5, 0.6) is 5.88 Å². The van der Waals surface area contributed by atoms with Gasteiger partial charge in [-0.3, -0.25) is 4.57 Å². The summed E-state index contributed by atoms with van der Waals surface area (Å²) in [5.41, 5.74) is 1.01. The molecule has 19 heavy (non-hydrogen) atoms. The third-order valence-electron chi connectivity index (χ3n) is 3.41. The molecule has 3 nitrogen and oxygen atoms in total. The molecule has 1 aromatic carbocycles. The van der Waals surface area contributed by atoms with E-state index in [0.717, 1.165) is 31.5 Å². The first-order chi connectivity index (χ1) is 9.09. The predicted octanol–water partition coefficient (Wildman–Crippen LogP) is 3.84. The van der Waals surface area contributed by atoms with Crippen molar-refractivity contribution >= 4 is 23.8 Å². The standard InChI is InChI=1S/C13H12ClFN2OS/c14-8-4-5-10(9(15)7-8)17-12(18)11-3-1-2-6-16(11)13(17)19/h4-5,7,18H,1-3,6H2. The summed E-state index contributed by atoms with van der Waals surface area (Å²) in [6, 6.07) is 4.33. The number of nitrogens with zero attached hydrogens (tertiary/aromatic N) is 2. The molecule has 1 aliphatic heterocycles. The minimum absolute atomic E-state index is 0.0333. The topological polar surface area (TPSA) is 30.1 Å². The average molecular weight is 299 g/mol. The van der Waals surface area contributed by atoms with Gasteiger partial charge >= 0.3 is 0 Å². The fourth-order valence-electron chi connectivity index (χ4n) is 2.50. The van der Waals surface area contributed by atoms with Crippen molar-refractivity contribution in [3.8, 4) is 11.6 Å². The summed E-state index contributed by atoms with van der Waals surface area (Å²) in [6.07, 6.45) is 2.79. The van der Waals surface area contributed by atoms with E-state index in [1.807, 2.05) is 4.57 Å². The van der Waals surface area contributed by atoms with Gasteiger partial charge in [0.15, 0.2) is 4.77 Å². The normalized spacial score (nSPS) is 14.4. The Morgan fingerprint density at radius 1 is 1.32 bits per heavy atom. The molecule has 0 saturated heterocycles. The molecular formula is C13H12ClFN2OS. The van der Waals surface area contributed by atoms with E-state index < -0.39 is 5.82 Å². The zero-order valence-electron chi connectivity index (χ0n) is 10.1. The quantitative estimate of drug-likeness (QED) is 0.811. The molecule has 2 heterocycles. The highest BCUT2D eigenvalue weighted by molar-refractivity contribution is 7.71. The van der Waals surface area contributed by atoms with Crippen LogP contribution in [0.4, 0.5) is 4.39 Å². The molecule has 0 radical (unpaired) electrons. The summed E-state index contributed by atoms with van der Waals surface area (Å²) in [7, 11) is 0. The lowest BCUT2D eigenvalue weighted by molar-refractivity contribution is 0.424. The third kappa shape index (κ3) is 1.97. The summed E-state index contributed by atoms with van der Waals surface area (Å²) in [4.78, 5) is 0. The van der Waals surface area contributed by atoms with Crippen molar-refractivity contribution < 1.29 is 9.50 Å². The van der Waals surface area contributed by atoms with Crippen molar-refractivity contribution in [2.24, 2.45) is 0 Å². The first-order valence-corrected chi connectivity index (χ1v) is 6.87. The van der Waals surface area contributed by atoms with Gasteiger partial charge in [-0.2, -0.15) is 0 Å².